The summed E-state index contributed by atoms with van der Waals surface area (Å²) in [4.78, 5) is 2.65. The van der Waals surface area contributed by atoms with E-state index >= 15 is 0 Å². The van der Waals surface area contributed by atoms with Gasteiger partial charge in [0.1, 0.15) is 0 Å². The second-order valence-corrected chi connectivity index (χ2v) is 13.2. The zero-order valence-electron chi connectivity index (χ0n) is 24.9. The van der Waals surface area contributed by atoms with Gasteiger partial charge in [-0.25, -0.2) is 0 Å². The first-order valence-electron chi connectivity index (χ1n) is 15.8. The van der Waals surface area contributed by atoms with E-state index < -0.39 is 0 Å². The highest BCUT2D eigenvalue weighted by Gasteiger charge is 2.21. The normalized spacial score (nSPS) is 12.3. The fraction of sp³-hybridized carbons (Fsp3) is 0. The molecule has 0 unspecified atom stereocenters. The maximum Gasteiger partial charge on any atom is 0.0619 e. The molecule has 2 heteroatoms. The molecule has 0 fully saturated rings. The average Bonchev–Trinajstić information content (AvgIpc) is 3.47. The van der Waals surface area contributed by atoms with Crippen molar-refractivity contribution in [2.45, 2.75) is 9.79 Å². The zero-order chi connectivity index (χ0) is 30.2. The average molecular weight is 602 g/mol. The van der Waals surface area contributed by atoms with Crippen LogP contribution in [0.25, 0.3) is 82.4 Å². The van der Waals surface area contributed by atoms with Crippen LogP contribution in [0.4, 0.5) is 0 Å². The molecule has 10 rings (SSSR count). The third kappa shape index (κ3) is 3.71. The Morgan fingerprint density at radius 2 is 1.09 bits per heavy atom. The molecule has 0 N–H and O–H groups in total. The number of aromatic nitrogens is 1. The Morgan fingerprint density at radius 3 is 2.02 bits per heavy atom. The predicted molar refractivity (Wildman–Crippen MR) is 196 cm³/mol. The lowest BCUT2D eigenvalue weighted by Gasteiger charge is -2.22. The van der Waals surface area contributed by atoms with Gasteiger partial charge in [0.2, 0.25) is 0 Å². The molecule has 0 bridgehead atoms. The number of rotatable bonds is 3. The fourth-order valence-corrected chi connectivity index (χ4v) is 8.71. The molecule has 1 nitrogen and oxygen atoms in total. The molecule has 0 saturated carbocycles. The minimum absolute atomic E-state index is 1.19. The first-order chi connectivity index (χ1) is 22.8. The Morgan fingerprint density at radius 1 is 0.391 bits per heavy atom. The molecule has 2 heterocycles. The Bertz CT molecular complexity index is 2680. The van der Waals surface area contributed by atoms with Gasteiger partial charge in [0.25, 0.3) is 0 Å². The van der Waals surface area contributed by atoms with E-state index in [1.54, 1.807) is 0 Å². The van der Waals surface area contributed by atoms with Gasteiger partial charge in [0.05, 0.1) is 16.7 Å². The van der Waals surface area contributed by atoms with Crippen LogP contribution in [0.1, 0.15) is 0 Å². The fourth-order valence-electron chi connectivity index (χ4n) is 7.58. The lowest BCUT2D eigenvalue weighted by molar-refractivity contribution is 1.19. The van der Waals surface area contributed by atoms with Crippen LogP contribution in [0.2, 0.25) is 0 Å². The molecule has 0 spiro atoms. The molecule has 214 valence electrons. The largest absolute Gasteiger partial charge is 0.308 e. The number of hydrogen-bond donors (Lipinski definition) is 0. The summed E-state index contributed by atoms with van der Waals surface area (Å²) in [5, 5.41) is 7.73. The Balaban J connectivity index is 1.20. The molecule has 0 aliphatic carbocycles. The summed E-state index contributed by atoms with van der Waals surface area (Å²) in [7, 11) is 0. The van der Waals surface area contributed by atoms with Gasteiger partial charge in [-0.3, -0.25) is 0 Å². The third-order valence-electron chi connectivity index (χ3n) is 9.59. The van der Waals surface area contributed by atoms with Crippen LogP contribution in [0.3, 0.4) is 0 Å². The molecule has 8 aromatic carbocycles. The second kappa shape index (κ2) is 9.97. The Kier molecular flexibility index (Phi) is 5.58. The highest BCUT2D eigenvalue weighted by atomic mass is 32.2. The van der Waals surface area contributed by atoms with Crippen LogP contribution in [0.15, 0.2) is 174 Å². The van der Waals surface area contributed by atoms with Crippen molar-refractivity contribution < 1.29 is 0 Å². The maximum absolute atomic E-state index is 2.48. The van der Waals surface area contributed by atoms with Crippen molar-refractivity contribution in [1.29, 1.82) is 0 Å². The maximum atomic E-state index is 2.48. The van der Waals surface area contributed by atoms with Crippen LogP contribution in [0, 0.1) is 0 Å². The summed E-state index contributed by atoms with van der Waals surface area (Å²) in [6, 6.07) is 60.2. The van der Waals surface area contributed by atoms with E-state index in [0.29, 0.717) is 0 Å². The van der Waals surface area contributed by atoms with Crippen LogP contribution in [-0.2, 0) is 0 Å². The minimum Gasteiger partial charge on any atom is -0.308 e. The quantitative estimate of drug-likeness (QED) is 0.195. The van der Waals surface area contributed by atoms with Crippen molar-refractivity contribution in [1.82, 2.24) is 4.57 Å². The molecule has 0 atom stereocenters. The van der Waals surface area contributed by atoms with E-state index in [4.69, 9.17) is 0 Å². The van der Waals surface area contributed by atoms with E-state index in [9.17, 15) is 0 Å². The topological polar surface area (TPSA) is 4.93 Å². The van der Waals surface area contributed by atoms with E-state index in [-0.39, 0.29) is 0 Å². The Labute approximate surface area is 271 Å². The summed E-state index contributed by atoms with van der Waals surface area (Å²) in [6.45, 7) is 0. The monoisotopic (exact) mass is 601 g/mol. The molecule has 0 amide bonds. The predicted octanol–water partition coefficient (Wildman–Crippen LogP) is 12.6. The summed E-state index contributed by atoms with van der Waals surface area (Å²) in [6.07, 6.45) is 0. The van der Waals surface area contributed by atoms with E-state index in [0.717, 1.165) is 0 Å². The van der Waals surface area contributed by atoms with Crippen molar-refractivity contribution in [3.8, 4) is 39.1 Å². The third-order valence-corrected chi connectivity index (χ3v) is 10.7. The lowest BCUT2D eigenvalue weighted by atomic mass is 9.91. The van der Waals surface area contributed by atoms with Crippen molar-refractivity contribution in [3.63, 3.8) is 0 Å². The highest BCUT2D eigenvalue weighted by Crippen LogP contribution is 2.50. The van der Waals surface area contributed by atoms with Gasteiger partial charge in [-0.2, -0.15) is 0 Å². The molecule has 0 radical (unpaired) electrons. The summed E-state index contributed by atoms with van der Waals surface area (Å²) in [5.41, 5.74) is 11.2. The van der Waals surface area contributed by atoms with Crippen molar-refractivity contribution in [2.75, 3.05) is 0 Å². The molecule has 1 aliphatic rings. The van der Waals surface area contributed by atoms with Gasteiger partial charge in [-0.05, 0) is 68.9 Å². The number of benzene rings is 8. The van der Waals surface area contributed by atoms with Crippen molar-refractivity contribution >= 4 is 55.1 Å². The molecular formula is C44H27NS. The van der Waals surface area contributed by atoms with Gasteiger partial charge in [0, 0.05) is 36.9 Å². The van der Waals surface area contributed by atoms with Gasteiger partial charge >= 0.3 is 0 Å². The van der Waals surface area contributed by atoms with Crippen LogP contribution in [-0.4, -0.2) is 4.57 Å². The van der Waals surface area contributed by atoms with Crippen LogP contribution < -0.4 is 0 Å². The highest BCUT2D eigenvalue weighted by molar-refractivity contribution is 7.99. The molecule has 46 heavy (non-hydrogen) atoms. The molecule has 1 aromatic heterocycles. The summed E-state index contributed by atoms with van der Waals surface area (Å²) >= 11 is 1.88. The van der Waals surface area contributed by atoms with Gasteiger partial charge < -0.3 is 4.57 Å². The standard InChI is InChI=1S/C44H27NS/c1-2-15-33-28(11-1)23-24-38-34-16-4-7-21-40(34)45(44(33)38)39-20-6-3-14-32(39)30-13-9-12-29(27-30)31-25-26-42-43-36(31)18-10-19-37(43)35-17-5-8-22-41(35)46-42/h1-27H. The molecule has 0 saturated heterocycles. The molecule has 9 aromatic rings. The Hall–Kier alpha value is -5.57. The second-order valence-electron chi connectivity index (χ2n) is 12.1. The van der Waals surface area contributed by atoms with Gasteiger partial charge in [-0.15, -0.1) is 0 Å². The van der Waals surface area contributed by atoms with Gasteiger partial charge in [-0.1, -0.05) is 145 Å². The lowest BCUT2D eigenvalue weighted by Crippen LogP contribution is -1.98. The SMILES string of the molecule is c1cc(-c2ccccc2-n2c3ccccc3c3ccc4ccccc4c32)cc(-c2ccc3c4c(cccc24)-c2ccccc2S3)c1. The first kappa shape index (κ1) is 25.7. The van der Waals surface area contributed by atoms with E-state index in [1.165, 1.54) is 92.2 Å². The van der Waals surface area contributed by atoms with Crippen molar-refractivity contribution in [2.24, 2.45) is 0 Å². The minimum atomic E-state index is 1.19. The van der Waals surface area contributed by atoms with Crippen molar-refractivity contribution in [3.05, 3.63) is 164 Å². The zero-order valence-corrected chi connectivity index (χ0v) is 25.8. The number of hydrogen-bond acceptors (Lipinski definition) is 1. The smallest absolute Gasteiger partial charge is 0.0619 e. The summed E-state index contributed by atoms with van der Waals surface area (Å²) < 4.78 is 2.48. The van der Waals surface area contributed by atoms with Crippen LogP contribution >= 0.6 is 11.8 Å². The molecular weight excluding hydrogens is 575 g/mol. The van der Waals surface area contributed by atoms with Gasteiger partial charge in [0.15, 0.2) is 0 Å². The van der Waals surface area contributed by atoms with Crippen LogP contribution in [0.5, 0.6) is 0 Å². The summed E-state index contributed by atoms with van der Waals surface area (Å²) in [5.74, 6) is 0. The number of para-hydroxylation sites is 2. The van der Waals surface area contributed by atoms with E-state index in [1.807, 2.05) is 11.8 Å². The number of nitrogens with zero attached hydrogens (tertiary/aromatic N) is 1. The van der Waals surface area contributed by atoms with E-state index in [2.05, 4.69) is 168 Å². The molecule has 1 aliphatic heterocycles. The first-order valence-corrected chi connectivity index (χ1v) is 16.6. The number of fused-ring (bicyclic) bond motifs is 7.